The fourth-order valence-electron chi connectivity index (χ4n) is 4.57. The molecule has 1 aliphatic carbocycles. The number of ether oxygens (including phenoxy) is 2. The number of nitrogens with one attached hydrogen (secondary N) is 1. The molecule has 1 aliphatic heterocycles. The van der Waals surface area contributed by atoms with Crippen molar-refractivity contribution in [2.75, 3.05) is 19.5 Å². The quantitative estimate of drug-likeness (QED) is 0.692. The van der Waals surface area contributed by atoms with Crippen molar-refractivity contribution in [2.24, 2.45) is 0 Å². The molecule has 0 amide bonds. The van der Waals surface area contributed by atoms with E-state index in [-0.39, 0.29) is 11.8 Å². The summed E-state index contributed by atoms with van der Waals surface area (Å²) < 4.78 is 10.9. The molecule has 1 aromatic heterocycles. The second-order valence-electron chi connectivity index (χ2n) is 7.42. The highest BCUT2D eigenvalue weighted by Gasteiger charge is 2.35. The minimum Gasteiger partial charge on any atom is -0.493 e. The van der Waals surface area contributed by atoms with Gasteiger partial charge in [-0.15, -0.1) is 0 Å². The number of anilines is 1. The number of methoxy groups -OCH3 is 2. The maximum atomic E-state index is 13.1. The third-order valence-electron chi connectivity index (χ3n) is 5.87. The molecule has 1 unspecified atom stereocenters. The SMILES string of the molecule is COc1ccc(C2Nc3ccc4ncccc4c3C3=C2C(=O)CCC3)cc1OC. The van der Waals surface area contributed by atoms with Crippen LogP contribution in [0.1, 0.15) is 36.4 Å². The van der Waals surface area contributed by atoms with Gasteiger partial charge in [0, 0.05) is 34.8 Å². The van der Waals surface area contributed by atoms with Crippen molar-refractivity contribution in [1.82, 2.24) is 4.98 Å². The molecule has 5 heteroatoms. The Morgan fingerprint density at radius 2 is 1.90 bits per heavy atom. The Balaban J connectivity index is 1.73. The van der Waals surface area contributed by atoms with Crippen LogP contribution in [0, 0.1) is 0 Å². The number of rotatable bonds is 3. The van der Waals surface area contributed by atoms with Crippen LogP contribution in [-0.4, -0.2) is 25.0 Å². The summed E-state index contributed by atoms with van der Waals surface area (Å²) >= 11 is 0. The van der Waals surface area contributed by atoms with Crippen LogP contribution in [0.4, 0.5) is 5.69 Å². The fourth-order valence-corrected chi connectivity index (χ4v) is 4.57. The van der Waals surface area contributed by atoms with Gasteiger partial charge in [0.15, 0.2) is 17.3 Å². The number of aromatic nitrogens is 1. The molecule has 2 aliphatic rings. The summed E-state index contributed by atoms with van der Waals surface area (Å²) in [7, 11) is 3.25. The lowest BCUT2D eigenvalue weighted by atomic mass is 9.77. The zero-order valence-electron chi connectivity index (χ0n) is 16.5. The van der Waals surface area contributed by atoms with E-state index in [4.69, 9.17) is 9.47 Å². The molecular formula is C24H22N2O3. The molecule has 29 heavy (non-hydrogen) atoms. The van der Waals surface area contributed by atoms with Gasteiger partial charge in [0.25, 0.3) is 0 Å². The van der Waals surface area contributed by atoms with Crippen LogP contribution < -0.4 is 14.8 Å². The first kappa shape index (κ1) is 17.7. The first-order chi connectivity index (χ1) is 14.2. The van der Waals surface area contributed by atoms with Crippen LogP contribution in [-0.2, 0) is 4.79 Å². The molecular weight excluding hydrogens is 364 g/mol. The van der Waals surface area contributed by atoms with Crippen molar-refractivity contribution in [3.63, 3.8) is 0 Å². The van der Waals surface area contributed by atoms with Crippen molar-refractivity contribution in [3.8, 4) is 11.5 Å². The molecule has 0 saturated heterocycles. The van der Waals surface area contributed by atoms with Gasteiger partial charge in [-0.1, -0.05) is 12.1 Å². The number of hydrogen-bond donors (Lipinski definition) is 1. The van der Waals surface area contributed by atoms with Crippen molar-refractivity contribution < 1.29 is 14.3 Å². The molecule has 0 fully saturated rings. The number of carbonyl (C=O) groups excluding carboxylic acids is 1. The summed E-state index contributed by atoms with van der Waals surface area (Å²) in [6.45, 7) is 0. The summed E-state index contributed by atoms with van der Waals surface area (Å²) in [5, 5.41) is 4.71. The van der Waals surface area contributed by atoms with Crippen LogP contribution >= 0.6 is 0 Å². The molecule has 146 valence electrons. The van der Waals surface area contributed by atoms with E-state index in [0.29, 0.717) is 17.9 Å². The molecule has 2 heterocycles. The van der Waals surface area contributed by atoms with E-state index in [0.717, 1.165) is 51.7 Å². The van der Waals surface area contributed by atoms with Crippen LogP contribution in [0.15, 0.2) is 54.2 Å². The number of fused-ring (bicyclic) bond motifs is 4. The smallest absolute Gasteiger partial charge is 0.161 e. The molecule has 1 N–H and O–H groups in total. The lowest BCUT2D eigenvalue weighted by molar-refractivity contribution is -0.116. The third kappa shape index (κ3) is 2.77. The highest BCUT2D eigenvalue weighted by Crippen LogP contribution is 2.48. The standard InChI is InChI=1S/C24H22N2O3/c1-28-20-11-8-14(13-21(20)29-2)24-23-16(5-3-7-19(23)27)22-15-6-4-12-25-17(15)9-10-18(22)26-24/h4,6,8-13,24,26H,3,5,7H2,1-2H3. The summed E-state index contributed by atoms with van der Waals surface area (Å²) in [6.07, 6.45) is 4.17. The average molecular weight is 386 g/mol. The molecule has 5 rings (SSSR count). The lowest BCUT2D eigenvalue weighted by Crippen LogP contribution is -2.27. The fraction of sp³-hybridized carbons (Fsp3) is 0.250. The predicted molar refractivity (Wildman–Crippen MR) is 113 cm³/mol. The van der Waals surface area contributed by atoms with Gasteiger partial charge in [-0.25, -0.2) is 0 Å². The van der Waals surface area contributed by atoms with Gasteiger partial charge in [0.1, 0.15) is 0 Å². The van der Waals surface area contributed by atoms with Crippen LogP contribution in [0.2, 0.25) is 0 Å². The monoisotopic (exact) mass is 386 g/mol. The second-order valence-corrected chi connectivity index (χ2v) is 7.42. The van der Waals surface area contributed by atoms with E-state index >= 15 is 0 Å². The Bertz CT molecular complexity index is 1170. The minimum atomic E-state index is -0.209. The predicted octanol–water partition coefficient (Wildman–Crippen LogP) is 4.93. The number of carbonyl (C=O) groups is 1. The number of ketones is 1. The van der Waals surface area contributed by atoms with Crippen LogP contribution in [0.3, 0.4) is 0 Å². The van der Waals surface area contributed by atoms with Gasteiger partial charge in [0.2, 0.25) is 0 Å². The number of hydrogen-bond acceptors (Lipinski definition) is 5. The highest BCUT2D eigenvalue weighted by atomic mass is 16.5. The Kier molecular flexibility index (Phi) is 4.23. The number of benzene rings is 2. The van der Waals surface area contributed by atoms with Crippen LogP contribution in [0.5, 0.6) is 11.5 Å². The molecule has 0 spiro atoms. The Labute approximate surface area is 169 Å². The largest absolute Gasteiger partial charge is 0.493 e. The number of Topliss-reactive ketones (excluding diaryl/α,β-unsaturated/α-hetero) is 1. The van der Waals surface area contributed by atoms with Gasteiger partial charge in [-0.05, 0) is 54.3 Å². The summed E-state index contributed by atoms with van der Waals surface area (Å²) in [5.41, 5.74) is 6.11. The van der Waals surface area contributed by atoms with Gasteiger partial charge < -0.3 is 14.8 Å². The van der Waals surface area contributed by atoms with E-state index < -0.39 is 0 Å². The second kappa shape index (κ2) is 6.92. The normalized spacial score (nSPS) is 18.1. The maximum Gasteiger partial charge on any atom is 0.161 e. The minimum absolute atomic E-state index is 0.209. The Hall–Kier alpha value is -3.34. The van der Waals surface area contributed by atoms with Gasteiger partial charge >= 0.3 is 0 Å². The molecule has 5 nitrogen and oxygen atoms in total. The molecule has 0 bridgehead atoms. The van der Waals surface area contributed by atoms with E-state index in [1.807, 2.05) is 30.3 Å². The van der Waals surface area contributed by atoms with Crippen molar-refractivity contribution in [3.05, 3.63) is 65.4 Å². The number of allylic oxidation sites excluding steroid dienone is 1. The molecule has 1 atom stereocenters. The molecule has 3 aromatic rings. The highest BCUT2D eigenvalue weighted by molar-refractivity contribution is 6.12. The zero-order valence-corrected chi connectivity index (χ0v) is 16.5. The Morgan fingerprint density at radius 1 is 1.03 bits per heavy atom. The lowest BCUT2D eigenvalue weighted by Gasteiger charge is -2.35. The topological polar surface area (TPSA) is 60.5 Å². The molecule has 0 saturated carbocycles. The number of pyridine rings is 1. The summed E-state index contributed by atoms with van der Waals surface area (Å²) in [6, 6.07) is 13.8. The van der Waals surface area contributed by atoms with Crippen LogP contribution in [0.25, 0.3) is 16.5 Å². The van der Waals surface area contributed by atoms with Gasteiger partial charge in [-0.2, -0.15) is 0 Å². The van der Waals surface area contributed by atoms with E-state index in [9.17, 15) is 4.79 Å². The van der Waals surface area contributed by atoms with E-state index in [1.165, 1.54) is 0 Å². The summed E-state index contributed by atoms with van der Waals surface area (Å²) in [4.78, 5) is 17.6. The van der Waals surface area contributed by atoms with E-state index in [2.05, 4.69) is 22.4 Å². The maximum absolute atomic E-state index is 13.1. The van der Waals surface area contributed by atoms with Crippen molar-refractivity contribution >= 4 is 27.9 Å². The van der Waals surface area contributed by atoms with Crippen molar-refractivity contribution in [2.45, 2.75) is 25.3 Å². The first-order valence-corrected chi connectivity index (χ1v) is 9.84. The summed E-state index contributed by atoms with van der Waals surface area (Å²) in [5.74, 6) is 1.55. The van der Waals surface area contributed by atoms with Crippen molar-refractivity contribution in [1.29, 1.82) is 0 Å². The number of nitrogens with zero attached hydrogens (tertiary/aromatic N) is 1. The zero-order chi connectivity index (χ0) is 20.0. The third-order valence-corrected chi connectivity index (χ3v) is 5.87. The molecule has 0 radical (unpaired) electrons. The first-order valence-electron chi connectivity index (χ1n) is 9.84. The average Bonchev–Trinajstić information content (AvgIpc) is 2.77. The Morgan fingerprint density at radius 3 is 2.72 bits per heavy atom. The van der Waals surface area contributed by atoms with Gasteiger partial charge in [-0.3, -0.25) is 9.78 Å². The molecule has 2 aromatic carbocycles. The van der Waals surface area contributed by atoms with E-state index in [1.54, 1.807) is 20.4 Å². The van der Waals surface area contributed by atoms with Gasteiger partial charge in [0.05, 0.1) is 25.8 Å².